The zero-order valence-corrected chi connectivity index (χ0v) is 8.41. The average Bonchev–Trinajstić information content (AvgIpc) is 2.70. The highest BCUT2D eigenvalue weighted by atomic mass is 16.3. The second-order valence-corrected chi connectivity index (χ2v) is 3.50. The predicted octanol–water partition coefficient (Wildman–Crippen LogP) is 1.17. The number of amides is 1. The molecule has 4 heteroatoms. The molecule has 0 aliphatic carbocycles. The van der Waals surface area contributed by atoms with E-state index in [4.69, 9.17) is 9.52 Å². The van der Waals surface area contributed by atoms with Gasteiger partial charge in [-0.1, -0.05) is 6.92 Å². The molecule has 0 saturated carbocycles. The first-order chi connectivity index (χ1) is 6.61. The maximum atomic E-state index is 11.5. The second-order valence-electron chi connectivity index (χ2n) is 3.50. The third-order valence-electron chi connectivity index (χ3n) is 2.29. The van der Waals surface area contributed by atoms with Gasteiger partial charge in [-0.15, -0.1) is 0 Å². The van der Waals surface area contributed by atoms with Crippen molar-refractivity contribution >= 4 is 5.91 Å². The molecule has 1 amide bonds. The molecule has 0 aliphatic heterocycles. The Balaban J connectivity index is 2.65. The van der Waals surface area contributed by atoms with E-state index < -0.39 is 5.54 Å². The molecular formula is C10H15NO3. The number of aliphatic hydroxyl groups is 1. The third-order valence-corrected chi connectivity index (χ3v) is 2.29. The summed E-state index contributed by atoms with van der Waals surface area (Å²) >= 11 is 0. The van der Waals surface area contributed by atoms with Crippen molar-refractivity contribution in [2.24, 2.45) is 0 Å². The van der Waals surface area contributed by atoms with Crippen LogP contribution in [0.1, 0.15) is 30.8 Å². The van der Waals surface area contributed by atoms with Crippen LogP contribution in [-0.4, -0.2) is 23.2 Å². The molecule has 1 heterocycles. The largest absolute Gasteiger partial charge is 0.459 e. The highest BCUT2D eigenvalue weighted by Gasteiger charge is 2.24. The van der Waals surface area contributed by atoms with Crippen molar-refractivity contribution < 1.29 is 14.3 Å². The number of carbonyl (C=O) groups excluding carboxylic acids is 1. The van der Waals surface area contributed by atoms with Crippen molar-refractivity contribution in [1.29, 1.82) is 0 Å². The van der Waals surface area contributed by atoms with E-state index >= 15 is 0 Å². The zero-order chi connectivity index (χ0) is 10.6. The standard InChI is InChI=1S/C10H15NO3/c1-3-10(2,7-12)11-9(13)8-5-4-6-14-8/h4-6,12H,3,7H2,1-2H3,(H,11,13). The summed E-state index contributed by atoms with van der Waals surface area (Å²) in [5, 5.41) is 11.8. The number of furan rings is 1. The van der Waals surface area contributed by atoms with Gasteiger partial charge in [0.1, 0.15) is 0 Å². The topological polar surface area (TPSA) is 62.5 Å². The van der Waals surface area contributed by atoms with Gasteiger partial charge in [0.15, 0.2) is 5.76 Å². The quantitative estimate of drug-likeness (QED) is 0.761. The molecular weight excluding hydrogens is 182 g/mol. The zero-order valence-electron chi connectivity index (χ0n) is 8.41. The molecule has 0 aromatic carbocycles. The van der Waals surface area contributed by atoms with Crippen LogP contribution in [0.2, 0.25) is 0 Å². The summed E-state index contributed by atoms with van der Waals surface area (Å²) in [6.07, 6.45) is 2.10. The summed E-state index contributed by atoms with van der Waals surface area (Å²) in [4.78, 5) is 11.5. The van der Waals surface area contributed by atoms with Crippen molar-refractivity contribution in [2.75, 3.05) is 6.61 Å². The van der Waals surface area contributed by atoms with E-state index in [9.17, 15) is 4.79 Å². The number of carbonyl (C=O) groups is 1. The molecule has 0 radical (unpaired) electrons. The Kier molecular flexibility index (Phi) is 3.30. The lowest BCUT2D eigenvalue weighted by Crippen LogP contribution is -2.48. The maximum Gasteiger partial charge on any atom is 0.287 e. The Morgan fingerprint density at radius 3 is 2.86 bits per heavy atom. The highest BCUT2D eigenvalue weighted by Crippen LogP contribution is 2.09. The number of hydrogen-bond acceptors (Lipinski definition) is 3. The van der Waals surface area contributed by atoms with E-state index in [1.165, 1.54) is 6.26 Å². The molecule has 78 valence electrons. The van der Waals surface area contributed by atoms with E-state index in [2.05, 4.69) is 5.32 Å². The van der Waals surface area contributed by atoms with Crippen molar-refractivity contribution in [3.8, 4) is 0 Å². The van der Waals surface area contributed by atoms with E-state index in [0.717, 1.165) is 0 Å². The third kappa shape index (κ3) is 2.35. The van der Waals surface area contributed by atoms with Crippen molar-refractivity contribution in [3.05, 3.63) is 24.2 Å². The molecule has 1 unspecified atom stereocenters. The fraction of sp³-hybridized carbons (Fsp3) is 0.500. The van der Waals surface area contributed by atoms with Gasteiger partial charge in [-0.05, 0) is 25.5 Å². The Morgan fingerprint density at radius 2 is 2.43 bits per heavy atom. The van der Waals surface area contributed by atoms with Crippen molar-refractivity contribution in [1.82, 2.24) is 5.32 Å². The lowest BCUT2D eigenvalue weighted by molar-refractivity contribution is 0.0819. The van der Waals surface area contributed by atoms with Gasteiger partial charge in [0.25, 0.3) is 5.91 Å². The first-order valence-corrected chi connectivity index (χ1v) is 4.58. The molecule has 1 atom stereocenters. The summed E-state index contributed by atoms with van der Waals surface area (Å²) in [6.45, 7) is 3.60. The van der Waals surface area contributed by atoms with Crippen LogP contribution in [0.25, 0.3) is 0 Å². The Bertz CT molecular complexity index is 288. The molecule has 2 N–H and O–H groups in total. The molecule has 4 nitrogen and oxygen atoms in total. The minimum atomic E-state index is -0.579. The number of nitrogens with one attached hydrogen (secondary N) is 1. The minimum Gasteiger partial charge on any atom is -0.459 e. The number of hydrogen-bond donors (Lipinski definition) is 2. The molecule has 0 saturated heterocycles. The monoisotopic (exact) mass is 197 g/mol. The van der Waals surface area contributed by atoms with Crippen molar-refractivity contribution in [2.45, 2.75) is 25.8 Å². The highest BCUT2D eigenvalue weighted by molar-refractivity contribution is 5.91. The van der Waals surface area contributed by atoms with Gasteiger partial charge in [-0.2, -0.15) is 0 Å². The maximum absolute atomic E-state index is 11.5. The Labute approximate surface area is 82.9 Å². The smallest absolute Gasteiger partial charge is 0.287 e. The van der Waals surface area contributed by atoms with Gasteiger partial charge in [0.05, 0.1) is 18.4 Å². The van der Waals surface area contributed by atoms with Gasteiger partial charge >= 0.3 is 0 Å². The Morgan fingerprint density at radius 1 is 1.71 bits per heavy atom. The fourth-order valence-corrected chi connectivity index (χ4v) is 0.983. The molecule has 1 aromatic heterocycles. The van der Waals surface area contributed by atoms with Gasteiger partial charge in [0, 0.05) is 0 Å². The second kappa shape index (κ2) is 4.28. The summed E-state index contributed by atoms with van der Waals surface area (Å²) < 4.78 is 4.94. The lowest BCUT2D eigenvalue weighted by atomic mass is 10.0. The first kappa shape index (κ1) is 10.8. The molecule has 0 aliphatic rings. The molecule has 0 spiro atoms. The van der Waals surface area contributed by atoms with Crippen LogP contribution in [0.3, 0.4) is 0 Å². The average molecular weight is 197 g/mol. The van der Waals surface area contributed by atoms with Crippen LogP contribution in [0.15, 0.2) is 22.8 Å². The minimum absolute atomic E-state index is 0.0874. The van der Waals surface area contributed by atoms with E-state index in [1.807, 2.05) is 6.92 Å². The van der Waals surface area contributed by atoms with Gasteiger partial charge in [0.2, 0.25) is 0 Å². The van der Waals surface area contributed by atoms with E-state index in [0.29, 0.717) is 6.42 Å². The van der Waals surface area contributed by atoms with Crippen LogP contribution in [0.4, 0.5) is 0 Å². The van der Waals surface area contributed by atoms with Gasteiger partial charge in [-0.3, -0.25) is 4.79 Å². The molecule has 14 heavy (non-hydrogen) atoms. The van der Waals surface area contributed by atoms with Crippen LogP contribution < -0.4 is 5.32 Å². The van der Waals surface area contributed by atoms with Crippen LogP contribution in [0.5, 0.6) is 0 Å². The Hall–Kier alpha value is -1.29. The predicted molar refractivity (Wildman–Crippen MR) is 52.0 cm³/mol. The normalized spacial score (nSPS) is 14.8. The van der Waals surface area contributed by atoms with Crippen LogP contribution in [-0.2, 0) is 0 Å². The van der Waals surface area contributed by atoms with E-state index in [1.54, 1.807) is 19.1 Å². The molecule has 1 rings (SSSR count). The summed E-state index contributed by atoms with van der Waals surface area (Å²) in [5.74, 6) is -0.0356. The molecule has 1 aromatic rings. The van der Waals surface area contributed by atoms with Gasteiger partial charge in [-0.25, -0.2) is 0 Å². The SMILES string of the molecule is CCC(C)(CO)NC(=O)c1ccco1. The number of rotatable bonds is 4. The molecule has 0 bridgehead atoms. The van der Waals surface area contributed by atoms with Gasteiger partial charge < -0.3 is 14.8 Å². The lowest BCUT2D eigenvalue weighted by Gasteiger charge is -2.26. The van der Waals surface area contributed by atoms with E-state index in [-0.39, 0.29) is 18.3 Å². The number of aliphatic hydroxyl groups excluding tert-OH is 1. The first-order valence-electron chi connectivity index (χ1n) is 4.58. The molecule has 0 fully saturated rings. The van der Waals surface area contributed by atoms with Crippen molar-refractivity contribution in [3.63, 3.8) is 0 Å². The fourth-order valence-electron chi connectivity index (χ4n) is 0.983. The summed E-state index contributed by atoms with van der Waals surface area (Å²) in [7, 11) is 0. The van der Waals surface area contributed by atoms with Crippen LogP contribution >= 0.6 is 0 Å². The summed E-state index contributed by atoms with van der Waals surface area (Å²) in [5.41, 5.74) is -0.579. The summed E-state index contributed by atoms with van der Waals surface area (Å²) in [6, 6.07) is 3.24. The van der Waals surface area contributed by atoms with Crippen LogP contribution in [0, 0.1) is 0 Å².